The molecule has 0 saturated carbocycles. The molecule has 0 unspecified atom stereocenters. The highest BCUT2D eigenvalue weighted by molar-refractivity contribution is 5.93. The molecular weight excluding hydrogens is 230 g/mol. The highest BCUT2D eigenvalue weighted by atomic mass is 16.2. The van der Waals surface area contributed by atoms with Gasteiger partial charge < -0.3 is 5.32 Å². The second kappa shape index (κ2) is 5.35. The molecule has 0 fully saturated rings. The van der Waals surface area contributed by atoms with Crippen LogP contribution in [-0.4, -0.2) is 22.2 Å². The maximum Gasteiger partial charge on any atom is 0.284 e. The Morgan fingerprint density at radius 2 is 2.06 bits per heavy atom. The van der Waals surface area contributed by atoms with E-state index in [9.17, 15) is 9.59 Å². The molecule has 18 heavy (non-hydrogen) atoms. The first-order chi connectivity index (χ1) is 8.74. The largest absolute Gasteiger partial charge is 0.352 e. The van der Waals surface area contributed by atoms with Gasteiger partial charge in [0.1, 0.15) is 5.56 Å². The van der Waals surface area contributed by atoms with Crippen LogP contribution in [0.15, 0.2) is 41.3 Å². The van der Waals surface area contributed by atoms with Crippen molar-refractivity contribution in [3.8, 4) is 5.69 Å². The monoisotopic (exact) mass is 245 g/mol. The van der Waals surface area contributed by atoms with Crippen molar-refractivity contribution in [2.75, 3.05) is 6.54 Å². The number of carbonyl (C=O) groups is 1. The molecule has 1 aromatic carbocycles. The number of aromatic amines is 1. The number of amides is 1. The summed E-state index contributed by atoms with van der Waals surface area (Å²) in [6, 6.07) is 9.13. The summed E-state index contributed by atoms with van der Waals surface area (Å²) in [5, 5.41) is 5.47. The van der Waals surface area contributed by atoms with E-state index in [1.54, 1.807) is 12.1 Å². The van der Waals surface area contributed by atoms with Crippen LogP contribution in [0.25, 0.3) is 5.69 Å². The highest BCUT2D eigenvalue weighted by Gasteiger charge is 2.14. The van der Waals surface area contributed by atoms with Crippen molar-refractivity contribution in [2.45, 2.75) is 13.3 Å². The molecule has 1 amide bonds. The summed E-state index contributed by atoms with van der Waals surface area (Å²) in [5.41, 5.74) is 0.499. The van der Waals surface area contributed by atoms with Crippen LogP contribution in [0.2, 0.25) is 0 Å². The summed E-state index contributed by atoms with van der Waals surface area (Å²) in [6.07, 6.45) is 2.27. The van der Waals surface area contributed by atoms with Crippen molar-refractivity contribution in [3.05, 3.63) is 52.4 Å². The van der Waals surface area contributed by atoms with Crippen LogP contribution >= 0.6 is 0 Å². The first-order valence-electron chi connectivity index (χ1n) is 5.88. The average molecular weight is 245 g/mol. The van der Waals surface area contributed by atoms with E-state index in [-0.39, 0.29) is 17.0 Å². The van der Waals surface area contributed by atoms with E-state index in [4.69, 9.17) is 0 Å². The lowest BCUT2D eigenvalue weighted by molar-refractivity contribution is 0.0952. The zero-order valence-corrected chi connectivity index (χ0v) is 10.1. The molecule has 5 nitrogen and oxygen atoms in total. The van der Waals surface area contributed by atoms with Crippen LogP contribution in [-0.2, 0) is 0 Å². The average Bonchev–Trinajstić information content (AvgIpc) is 2.79. The van der Waals surface area contributed by atoms with Crippen LogP contribution in [0.3, 0.4) is 0 Å². The van der Waals surface area contributed by atoms with E-state index in [1.807, 2.05) is 25.1 Å². The maximum absolute atomic E-state index is 12.0. The second-order valence-corrected chi connectivity index (χ2v) is 3.92. The summed E-state index contributed by atoms with van der Waals surface area (Å²) < 4.78 is 1.35. The van der Waals surface area contributed by atoms with Gasteiger partial charge in [-0.2, -0.15) is 0 Å². The fourth-order valence-corrected chi connectivity index (χ4v) is 1.64. The molecule has 0 bridgehead atoms. The number of H-pyrrole nitrogens is 1. The molecule has 2 N–H and O–H groups in total. The molecule has 5 heteroatoms. The van der Waals surface area contributed by atoms with Crippen LogP contribution in [0.5, 0.6) is 0 Å². The van der Waals surface area contributed by atoms with Crippen molar-refractivity contribution in [2.24, 2.45) is 0 Å². The Balaban J connectivity index is 2.30. The Morgan fingerprint density at radius 1 is 1.33 bits per heavy atom. The predicted molar refractivity (Wildman–Crippen MR) is 69.0 cm³/mol. The van der Waals surface area contributed by atoms with Crippen LogP contribution in [0, 0.1) is 0 Å². The second-order valence-electron chi connectivity index (χ2n) is 3.92. The minimum absolute atomic E-state index is 0.132. The topological polar surface area (TPSA) is 66.9 Å². The third kappa shape index (κ3) is 2.34. The van der Waals surface area contributed by atoms with Gasteiger partial charge in [-0.3, -0.25) is 14.7 Å². The van der Waals surface area contributed by atoms with Gasteiger partial charge in [-0.15, -0.1) is 0 Å². The van der Waals surface area contributed by atoms with Crippen molar-refractivity contribution in [3.63, 3.8) is 0 Å². The molecule has 0 spiro atoms. The Kier molecular flexibility index (Phi) is 3.62. The van der Waals surface area contributed by atoms with Crippen LogP contribution in [0.1, 0.15) is 23.7 Å². The molecule has 0 aliphatic heterocycles. The minimum Gasteiger partial charge on any atom is -0.352 e. The number of para-hydroxylation sites is 1. The SMILES string of the molecule is CCCNC(=O)c1c[nH]n(-c2ccccc2)c1=O. The molecule has 0 radical (unpaired) electrons. The van der Waals surface area contributed by atoms with Crippen LogP contribution in [0.4, 0.5) is 0 Å². The van der Waals surface area contributed by atoms with Gasteiger partial charge in [0, 0.05) is 12.7 Å². The normalized spacial score (nSPS) is 10.3. The summed E-state index contributed by atoms with van der Waals surface area (Å²) in [7, 11) is 0. The quantitative estimate of drug-likeness (QED) is 0.852. The smallest absolute Gasteiger partial charge is 0.284 e. The van der Waals surface area contributed by atoms with Crippen molar-refractivity contribution in [1.82, 2.24) is 15.1 Å². The Morgan fingerprint density at radius 3 is 2.72 bits per heavy atom. The fraction of sp³-hybridized carbons (Fsp3) is 0.231. The molecular formula is C13H15N3O2. The summed E-state index contributed by atoms with van der Waals surface area (Å²) in [5.74, 6) is -0.340. The van der Waals surface area contributed by atoms with Gasteiger partial charge in [0.25, 0.3) is 11.5 Å². The Labute approximate surface area is 104 Å². The van der Waals surface area contributed by atoms with E-state index in [1.165, 1.54) is 10.9 Å². The molecule has 1 heterocycles. The molecule has 2 rings (SSSR count). The molecule has 0 aliphatic rings. The van der Waals surface area contributed by atoms with Crippen molar-refractivity contribution < 1.29 is 4.79 Å². The van der Waals surface area contributed by atoms with Crippen LogP contribution < -0.4 is 10.9 Å². The summed E-state index contributed by atoms with van der Waals surface area (Å²) in [4.78, 5) is 23.8. The molecule has 0 aliphatic carbocycles. The van der Waals surface area contributed by atoms with Gasteiger partial charge in [0.05, 0.1) is 5.69 Å². The molecule has 0 saturated heterocycles. The number of hydrogen-bond acceptors (Lipinski definition) is 2. The van der Waals surface area contributed by atoms with Gasteiger partial charge in [-0.1, -0.05) is 25.1 Å². The van der Waals surface area contributed by atoms with Gasteiger partial charge in [-0.05, 0) is 18.6 Å². The molecule has 94 valence electrons. The number of hydrogen-bond donors (Lipinski definition) is 2. The lowest BCUT2D eigenvalue weighted by Crippen LogP contribution is -2.29. The van der Waals surface area contributed by atoms with E-state index in [0.29, 0.717) is 12.2 Å². The number of aromatic nitrogens is 2. The lowest BCUT2D eigenvalue weighted by atomic mass is 10.3. The van der Waals surface area contributed by atoms with Crippen molar-refractivity contribution in [1.29, 1.82) is 0 Å². The predicted octanol–water partition coefficient (Wildman–Crippen LogP) is 1.31. The molecule has 2 aromatic rings. The standard InChI is InChI=1S/C13H15N3O2/c1-2-8-14-12(17)11-9-15-16(13(11)18)10-6-4-3-5-7-10/h3-7,9,15H,2,8H2,1H3,(H,14,17). The van der Waals surface area contributed by atoms with Gasteiger partial charge in [0.2, 0.25) is 0 Å². The minimum atomic E-state index is -0.340. The van der Waals surface area contributed by atoms with Gasteiger partial charge in [0.15, 0.2) is 0 Å². The van der Waals surface area contributed by atoms with E-state index >= 15 is 0 Å². The number of rotatable bonds is 4. The van der Waals surface area contributed by atoms with E-state index in [0.717, 1.165) is 6.42 Å². The maximum atomic E-state index is 12.0. The number of carbonyl (C=O) groups excluding carboxylic acids is 1. The summed E-state index contributed by atoms with van der Waals surface area (Å²) >= 11 is 0. The third-order valence-corrected chi connectivity index (χ3v) is 2.57. The van der Waals surface area contributed by atoms with Crippen molar-refractivity contribution >= 4 is 5.91 Å². The van der Waals surface area contributed by atoms with E-state index < -0.39 is 0 Å². The Hall–Kier alpha value is -2.30. The third-order valence-electron chi connectivity index (χ3n) is 2.57. The Bertz CT molecular complexity index is 584. The first kappa shape index (κ1) is 12.2. The van der Waals surface area contributed by atoms with Gasteiger partial charge in [-0.25, -0.2) is 4.68 Å². The fourth-order valence-electron chi connectivity index (χ4n) is 1.64. The lowest BCUT2D eigenvalue weighted by Gasteiger charge is -2.00. The van der Waals surface area contributed by atoms with E-state index in [2.05, 4.69) is 10.4 Å². The zero-order valence-electron chi connectivity index (χ0n) is 10.1. The zero-order chi connectivity index (χ0) is 13.0. The number of nitrogens with one attached hydrogen (secondary N) is 2. The highest BCUT2D eigenvalue weighted by Crippen LogP contribution is 2.03. The first-order valence-corrected chi connectivity index (χ1v) is 5.88. The molecule has 1 aromatic heterocycles. The van der Waals surface area contributed by atoms with Gasteiger partial charge >= 0.3 is 0 Å². The molecule has 0 atom stereocenters. The number of benzene rings is 1. The number of nitrogens with zero attached hydrogens (tertiary/aromatic N) is 1. The summed E-state index contributed by atoms with van der Waals surface area (Å²) in [6.45, 7) is 2.52.